The van der Waals surface area contributed by atoms with Gasteiger partial charge in [0.25, 0.3) is 0 Å². The molecule has 0 aliphatic carbocycles. The molecule has 26 heavy (non-hydrogen) atoms. The van der Waals surface area contributed by atoms with Crippen LogP contribution in [-0.4, -0.2) is 117 Å². The quantitative estimate of drug-likeness (QED) is 0.120. The smallest absolute Gasteiger partial charge is 0.394 e. The Morgan fingerprint density at radius 2 is 1.42 bits per heavy atom. The third-order valence-corrected chi connectivity index (χ3v) is 3.53. The maximum atomic E-state index is 12.2. The third-order valence-electron chi connectivity index (χ3n) is 3.53. The molecule has 0 spiro atoms. The standard InChI is InChI=1S/C11H22N4O6.H2O4S/c1-13-11(12)14-2-7(18)15-5(3-16)8(19)10(21)9(20)6(15)4-17;1-5(2,3)4/h5-6,8-10,16-17,19-21H,2-4H2,1H3,(H3,12,13,14);(H2,1,2,3,4)/t5-,6-,8-,9+,10-;/m1./s1. The van der Waals surface area contributed by atoms with Gasteiger partial charge in [0.15, 0.2) is 5.96 Å². The van der Waals surface area contributed by atoms with E-state index in [1.807, 2.05) is 0 Å². The van der Waals surface area contributed by atoms with Crippen molar-refractivity contribution in [2.24, 2.45) is 0 Å². The molecule has 0 bridgehead atoms. The van der Waals surface area contributed by atoms with Crippen molar-refractivity contribution < 1.29 is 47.9 Å². The summed E-state index contributed by atoms with van der Waals surface area (Å²) < 4.78 is 31.6. The van der Waals surface area contributed by atoms with Gasteiger partial charge in [0, 0.05) is 7.05 Å². The number of nitrogens with zero attached hydrogens (tertiary/aromatic N) is 1. The molecule has 1 amide bonds. The zero-order valence-corrected chi connectivity index (χ0v) is 14.5. The Balaban J connectivity index is 0.00000110. The van der Waals surface area contributed by atoms with Crippen LogP contribution < -0.4 is 10.6 Å². The molecule has 1 aliphatic heterocycles. The number of aliphatic hydroxyl groups excluding tert-OH is 5. The van der Waals surface area contributed by atoms with Crippen LogP contribution in [0.4, 0.5) is 0 Å². The Hall–Kier alpha value is -1.59. The SMILES string of the molecule is CNC(=N)NCC(=O)N1[C@H](CO)[C@H](O)[C@H](O)[C@H](O)[C@H]1CO.O=S(=O)(O)O. The Labute approximate surface area is 149 Å². The molecule has 0 aromatic rings. The minimum atomic E-state index is -4.67. The highest BCUT2D eigenvalue weighted by atomic mass is 32.3. The molecule has 0 unspecified atom stereocenters. The molecule has 1 aliphatic rings. The van der Waals surface area contributed by atoms with Crippen molar-refractivity contribution in [3.8, 4) is 0 Å². The summed E-state index contributed by atoms with van der Waals surface area (Å²) in [5.41, 5.74) is 0. The highest BCUT2D eigenvalue weighted by molar-refractivity contribution is 7.79. The molecule has 15 heteroatoms. The molecule has 154 valence electrons. The Morgan fingerprint density at radius 3 is 1.73 bits per heavy atom. The van der Waals surface area contributed by atoms with Gasteiger partial charge in [0.05, 0.1) is 31.8 Å². The summed E-state index contributed by atoms with van der Waals surface area (Å²) in [5, 5.41) is 60.2. The normalized spacial score (nSPS) is 28.6. The van der Waals surface area contributed by atoms with Crippen LogP contribution in [0.5, 0.6) is 0 Å². The predicted molar refractivity (Wildman–Crippen MR) is 85.6 cm³/mol. The largest absolute Gasteiger partial charge is 0.394 e. The molecule has 1 heterocycles. The minimum absolute atomic E-state index is 0.109. The number of carbonyl (C=O) groups excluding carboxylic acids is 1. The number of hydrogen-bond donors (Lipinski definition) is 10. The zero-order valence-electron chi connectivity index (χ0n) is 13.7. The average molecular weight is 404 g/mol. The second-order valence-corrected chi connectivity index (χ2v) is 6.09. The van der Waals surface area contributed by atoms with Gasteiger partial charge < -0.3 is 41.1 Å². The minimum Gasteiger partial charge on any atom is -0.394 e. The number of rotatable bonds is 4. The van der Waals surface area contributed by atoms with Crippen molar-refractivity contribution in [3.63, 3.8) is 0 Å². The van der Waals surface area contributed by atoms with Crippen molar-refractivity contribution >= 4 is 22.3 Å². The number of guanidine groups is 1. The van der Waals surface area contributed by atoms with Crippen molar-refractivity contribution in [2.45, 2.75) is 30.4 Å². The van der Waals surface area contributed by atoms with E-state index in [-0.39, 0.29) is 12.5 Å². The summed E-state index contributed by atoms with van der Waals surface area (Å²) in [6.07, 6.45) is -4.66. The van der Waals surface area contributed by atoms with Crippen LogP contribution in [0.3, 0.4) is 0 Å². The van der Waals surface area contributed by atoms with Crippen molar-refractivity contribution in [1.29, 1.82) is 5.41 Å². The van der Waals surface area contributed by atoms with Crippen molar-refractivity contribution in [2.75, 3.05) is 26.8 Å². The molecule has 0 radical (unpaired) electrons. The van der Waals surface area contributed by atoms with Gasteiger partial charge in [0.2, 0.25) is 5.91 Å². The van der Waals surface area contributed by atoms with Crippen LogP contribution in [0.25, 0.3) is 0 Å². The maximum Gasteiger partial charge on any atom is 0.394 e. The van der Waals surface area contributed by atoms with Crippen LogP contribution in [0.2, 0.25) is 0 Å². The molecule has 0 aromatic carbocycles. The van der Waals surface area contributed by atoms with E-state index >= 15 is 0 Å². The Morgan fingerprint density at radius 1 is 1.04 bits per heavy atom. The number of hydrogen-bond acceptors (Lipinski definition) is 9. The van der Waals surface area contributed by atoms with Gasteiger partial charge in [-0.2, -0.15) is 8.42 Å². The first-order valence-electron chi connectivity index (χ1n) is 7.16. The number of aliphatic hydroxyl groups is 5. The number of amides is 1. The maximum absolute atomic E-state index is 12.2. The van der Waals surface area contributed by atoms with E-state index in [1.54, 1.807) is 0 Å². The van der Waals surface area contributed by atoms with Crippen LogP contribution in [-0.2, 0) is 15.2 Å². The summed E-state index contributed by atoms with van der Waals surface area (Å²) in [5.74, 6) is -0.749. The fourth-order valence-electron chi connectivity index (χ4n) is 2.34. The van der Waals surface area contributed by atoms with E-state index in [0.29, 0.717) is 0 Å². The van der Waals surface area contributed by atoms with E-state index in [9.17, 15) is 30.3 Å². The Bertz CT molecular complexity index is 547. The van der Waals surface area contributed by atoms with Gasteiger partial charge in [-0.1, -0.05) is 0 Å². The van der Waals surface area contributed by atoms with Gasteiger partial charge >= 0.3 is 10.4 Å². The predicted octanol–water partition coefficient (Wildman–Crippen LogP) is -5.28. The number of nitrogens with one attached hydrogen (secondary N) is 3. The highest BCUT2D eigenvalue weighted by Gasteiger charge is 2.48. The zero-order chi connectivity index (χ0) is 20.7. The molecular formula is C11H24N4O10S. The lowest BCUT2D eigenvalue weighted by Gasteiger charge is -2.48. The summed E-state index contributed by atoms with van der Waals surface area (Å²) in [7, 11) is -3.18. The molecular weight excluding hydrogens is 380 g/mol. The number of piperidine rings is 1. The molecule has 10 N–H and O–H groups in total. The lowest BCUT2D eigenvalue weighted by atomic mass is 9.88. The van der Waals surface area contributed by atoms with Gasteiger partial charge in [0.1, 0.15) is 18.3 Å². The van der Waals surface area contributed by atoms with E-state index in [1.165, 1.54) is 7.05 Å². The highest BCUT2D eigenvalue weighted by Crippen LogP contribution is 2.24. The van der Waals surface area contributed by atoms with Crippen molar-refractivity contribution in [3.05, 3.63) is 0 Å². The monoisotopic (exact) mass is 404 g/mol. The van der Waals surface area contributed by atoms with Gasteiger partial charge in [-0.3, -0.25) is 19.3 Å². The topological polar surface area (TPSA) is 244 Å². The molecule has 1 fully saturated rings. The van der Waals surface area contributed by atoms with Gasteiger partial charge in [-0.25, -0.2) is 0 Å². The van der Waals surface area contributed by atoms with Crippen LogP contribution in [0, 0.1) is 5.41 Å². The van der Waals surface area contributed by atoms with Crippen molar-refractivity contribution in [1.82, 2.24) is 15.5 Å². The van der Waals surface area contributed by atoms with E-state index < -0.39 is 59.9 Å². The van der Waals surface area contributed by atoms with E-state index in [2.05, 4.69) is 10.6 Å². The lowest BCUT2D eigenvalue weighted by Crippen LogP contribution is -2.70. The van der Waals surface area contributed by atoms with Crippen LogP contribution in [0.15, 0.2) is 0 Å². The molecule has 0 saturated carbocycles. The van der Waals surface area contributed by atoms with Crippen LogP contribution in [0.1, 0.15) is 0 Å². The Kier molecular flexibility index (Phi) is 9.89. The summed E-state index contributed by atoms with van der Waals surface area (Å²) >= 11 is 0. The molecule has 1 saturated heterocycles. The first-order chi connectivity index (χ1) is 11.9. The number of likely N-dealkylation sites (tertiary alicyclic amines) is 1. The first kappa shape index (κ1) is 24.4. The summed E-state index contributed by atoms with van der Waals surface area (Å²) in [6.45, 7) is -1.62. The third kappa shape index (κ3) is 7.34. The first-order valence-corrected chi connectivity index (χ1v) is 8.55. The molecule has 1 rings (SSSR count). The summed E-state index contributed by atoms with van der Waals surface area (Å²) in [6, 6.07) is -2.31. The van der Waals surface area contributed by atoms with Gasteiger partial charge in [-0.15, -0.1) is 0 Å². The fraction of sp³-hybridized carbons (Fsp3) is 0.818. The molecule has 0 aromatic heterocycles. The molecule has 5 atom stereocenters. The fourth-order valence-corrected chi connectivity index (χ4v) is 2.34. The number of carbonyl (C=O) groups is 1. The van der Waals surface area contributed by atoms with E-state index in [0.717, 1.165) is 4.90 Å². The second-order valence-electron chi connectivity index (χ2n) is 5.20. The van der Waals surface area contributed by atoms with E-state index in [4.69, 9.17) is 22.9 Å². The summed E-state index contributed by atoms with van der Waals surface area (Å²) in [4.78, 5) is 13.1. The second kappa shape index (κ2) is 10.5. The average Bonchev–Trinajstić information content (AvgIpc) is 2.55. The molecule has 14 nitrogen and oxygen atoms in total. The lowest BCUT2D eigenvalue weighted by molar-refractivity contribution is -0.187. The van der Waals surface area contributed by atoms with Gasteiger partial charge in [-0.05, 0) is 0 Å². The van der Waals surface area contributed by atoms with Crippen LogP contribution >= 0.6 is 0 Å².